The molecule has 0 aliphatic carbocycles. The summed E-state index contributed by atoms with van der Waals surface area (Å²) in [5, 5.41) is 6.78. The Kier molecular flexibility index (Phi) is 4.87. The van der Waals surface area contributed by atoms with Gasteiger partial charge in [0, 0.05) is 19.5 Å². The summed E-state index contributed by atoms with van der Waals surface area (Å²) in [4.78, 5) is 32.6. The molecule has 4 rings (SSSR count). The van der Waals surface area contributed by atoms with Gasteiger partial charge in [0.1, 0.15) is 5.71 Å². The molecular formula is C21H21N3O3. The van der Waals surface area contributed by atoms with Gasteiger partial charge in [0.2, 0.25) is 0 Å². The minimum absolute atomic E-state index is 0.0461. The van der Waals surface area contributed by atoms with E-state index in [2.05, 4.69) is 10.5 Å². The molecule has 0 radical (unpaired) electrons. The number of para-hydroxylation sites is 1. The largest absolute Gasteiger partial charge is 0.387 e. The molecule has 0 spiro atoms. The Bertz CT molecular complexity index is 873. The summed E-state index contributed by atoms with van der Waals surface area (Å²) in [5.74, 6) is -0.384. The number of hydrogen-bond donors (Lipinski definition) is 1. The molecule has 6 nitrogen and oxygen atoms in total. The lowest BCUT2D eigenvalue weighted by atomic mass is 10.0. The number of carbonyl (C=O) groups is 2. The number of nitrogens with zero attached hydrogens (tertiary/aromatic N) is 2. The highest BCUT2D eigenvalue weighted by Gasteiger charge is 2.28. The second-order valence-corrected chi connectivity index (χ2v) is 6.75. The Balaban J connectivity index is 1.45. The number of hydrogen-bond acceptors (Lipinski definition) is 4. The molecule has 2 aromatic carbocycles. The van der Waals surface area contributed by atoms with Crippen LogP contribution >= 0.6 is 0 Å². The number of likely N-dealkylation sites (tertiary alicyclic amines) is 1. The molecule has 2 aromatic rings. The second-order valence-electron chi connectivity index (χ2n) is 6.75. The zero-order valence-electron chi connectivity index (χ0n) is 14.9. The number of nitrogens with one attached hydrogen (secondary N) is 1. The second kappa shape index (κ2) is 7.61. The minimum Gasteiger partial charge on any atom is -0.387 e. The van der Waals surface area contributed by atoms with Gasteiger partial charge in [0.05, 0.1) is 11.3 Å². The van der Waals surface area contributed by atoms with Gasteiger partial charge < -0.3 is 15.1 Å². The maximum atomic E-state index is 12.7. The number of anilines is 1. The molecule has 0 saturated carbocycles. The van der Waals surface area contributed by atoms with E-state index in [0.29, 0.717) is 23.4 Å². The molecule has 1 saturated heterocycles. The van der Waals surface area contributed by atoms with Gasteiger partial charge in [0.15, 0.2) is 6.10 Å². The van der Waals surface area contributed by atoms with Crippen molar-refractivity contribution in [3.8, 4) is 0 Å². The van der Waals surface area contributed by atoms with Gasteiger partial charge in [-0.2, -0.15) is 0 Å². The predicted molar refractivity (Wildman–Crippen MR) is 103 cm³/mol. The fraction of sp³-hybridized carbons (Fsp3) is 0.286. The van der Waals surface area contributed by atoms with Crippen LogP contribution in [0.15, 0.2) is 59.8 Å². The number of benzene rings is 2. The minimum atomic E-state index is -0.338. The van der Waals surface area contributed by atoms with Crippen LogP contribution in [-0.2, 0) is 9.63 Å². The highest BCUT2D eigenvalue weighted by atomic mass is 16.6. The van der Waals surface area contributed by atoms with Crippen LogP contribution in [0.3, 0.4) is 0 Å². The Morgan fingerprint density at radius 3 is 2.48 bits per heavy atom. The summed E-state index contributed by atoms with van der Waals surface area (Å²) in [6.45, 7) is 1.53. The quantitative estimate of drug-likeness (QED) is 0.905. The lowest BCUT2D eigenvalue weighted by Crippen LogP contribution is -2.29. The van der Waals surface area contributed by atoms with Crippen molar-refractivity contribution in [2.75, 3.05) is 18.4 Å². The van der Waals surface area contributed by atoms with Crippen molar-refractivity contribution in [1.82, 2.24) is 4.90 Å². The summed E-state index contributed by atoms with van der Waals surface area (Å²) in [7, 11) is 0. The first-order valence-corrected chi connectivity index (χ1v) is 9.19. The normalized spacial score (nSPS) is 18.7. The zero-order chi connectivity index (χ0) is 18.6. The Morgan fingerprint density at radius 2 is 1.70 bits per heavy atom. The Hall–Kier alpha value is -3.15. The molecule has 2 amide bonds. The summed E-state index contributed by atoms with van der Waals surface area (Å²) in [5.41, 5.74) is 2.32. The first-order valence-electron chi connectivity index (χ1n) is 9.19. The summed E-state index contributed by atoms with van der Waals surface area (Å²) < 4.78 is 0. The summed E-state index contributed by atoms with van der Waals surface area (Å²) in [6.07, 6.45) is 2.19. The van der Waals surface area contributed by atoms with E-state index in [0.717, 1.165) is 31.5 Å². The van der Waals surface area contributed by atoms with Crippen molar-refractivity contribution in [1.29, 1.82) is 0 Å². The lowest BCUT2D eigenvalue weighted by molar-refractivity contribution is -0.110. The van der Waals surface area contributed by atoms with E-state index in [1.165, 1.54) is 0 Å². The molecule has 2 aliphatic rings. The van der Waals surface area contributed by atoms with Gasteiger partial charge in [-0.05, 0) is 30.5 Å². The fourth-order valence-electron chi connectivity index (χ4n) is 3.42. The fourth-order valence-corrected chi connectivity index (χ4v) is 3.42. The van der Waals surface area contributed by atoms with Crippen LogP contribution in [-0.4, -0.2) is 35.5 Å². The van der Waals surface area contributed by atoms with Crippen LogP contribution in [0, 0.1) is 0 Å². The van der Waals surface area contributed by atoms with Crippen LogP contribution < -0.4 is 5.32 Å². The number of carbonyl (C=O) groups excluding carboxylic acids is 2. The van der Waals surface area contributed by atoms with Crippen LogP contribution in [0.4, 0.5) is 5.69 Å². The standard InChI is InChI=1S/C21H21N3O3/c25-20(18-14-19(27-23-18)15-8-2-1-3-9-15)22-17-11-5-4-10-16(17)21(26)24-12-6-7-13-24/h1-5,8-11,19H,6-7,12-14H2,(H,22,25). The van der Waals surface area contributed by atoms with E-state index in [-0.39, 0.29) is 17.9 Å². The van der Waals surface area contributed by atoms with Gasteiger partial charge in [-0.25, -0.2) is 0 Å². The van der Waals surface area contributed by atoms with Crippen molar-refractivity contribution in [3.05, 3.63) is 65.7 Å². The highest BCUT2D eigenvalue weighted by Crippen LogP contribution is 2.28. The van der Waals surface area contributed by atoms with Gasteiger partial charge >= 0.3 is 0 Å². The van der Waals surface area contributed by atoms with E-state index in [4.69, 9.17) is 4.84 Å². The molecule has 0 aromatic heterocycles. The number of amides is 2. The molecule has 6 heteroatoms. The molecule has 1 atom stereocenters. The third-order valence-corrected chi connectivity index (χ3v) is 4.90. The molecule has 2 heterocycles. The van der Waals surface area contributed by atoms with Gasteiger partial charge in [-0.1, -0.05) is 47.6 Å². The number of rotatable bonds is 4. The van der Waals surface area contributed by atoms with Crippen LogP contribution in [0.5, 0.6) is 0 Å². The molecule has 1 fully saturated rings. The first-order chi connectivity index (χ1) is 13.2. The monoisotopic (exact) mass is 363 g/mol. The molecular weight excluding hydrogens is 342 g/mol. The van der Waals surface area contributed by atoms with Crippen molar-refractivity contribution in [2.45, 2.75) is 25.4 Å². The van der Waals surface area contributed by atoms with E-state index in [1.807, 2.05) is 35.2 Å². The van der Waals surface area contributed by atoms with E-state index in [1.54, 1.807) is 24.3 Å². The third-order valence-electron chi connectivity index (χ3n) is 4.90. The third kappa shape index (κ3) is 3.69. The maximum Gasteiger partial charge on any atom is 0.273 e. The molecule has 27 heavy (non-hydrogen) atoms. The van der Waals surface area contributed by atoms with Crippen LogP contribution in [0.2, 0.25) is 0 Å². The average molecular weight is 363 g/mol. The Labute approximate surface area is 157 Å². The molecule has 1 N–H and O–H groups in total. The van der Waals surface area contributed by atoms with Crippen molar-refractivity contribution >= 4 is 23.2 Å². The van der Waals surface area contributed by atoms with Crippen molar-refractivity contribution in [3.63, 3.8) is 0 Å². The molecule has 2 aliphatic heterocycles. The average Bonchev–Trinajstić information content (AvgIpc) is 3.41. The summed E-state index contributed by atoms with van der Waals surface area (Å²) >= 11 is 0. The molecule has 1 unspecified atom stereocenters. The lowest BCUT2D eigenvalue weighted by Gasteiger charge is -2.17. The first kappa shape index (κ1) is 17.3. The van der Waals surface area contributed by atoms with E-state index >= 15 is 0 Å². The van der Waals surface area contributed by atoms with Crippen molar-refractivity contribution in [2.24, 2.45) is 5.16 Å². The van der Waals surface area contributed by atoms with E-state index in [9.17, 15) is 9.59 Å². The predicted octanol–water partition coefficient (Wildman–Crippen LogP) is 3.38. The SMILES string of the molecule is O=C(Nc1ccccc1C(=O)N1CCCC1)C1=NOC(c2ccccc2)C1. The van der Waals surface area contributed by atoms with Crippen molar-refractivity contribution < 1.29 is 14.4 Å². The topological polar surface area (TPSA) is 71.0 Å². The number of oxime groups is 1. The van der Waals surface area contributed by atoms with Gasteiger partial charge in [-0.15, -0.1) is 0 Å². The molecule has 138 valence electrons. The summed E-state index contributed by atoms with van der Waals surface area (Å²) in [6, 6.07) is 16.8. The highest BCUT2D eigenvalue weighted by molar-refractivity contribution is 6.43. The molecule has 0 bridgehead atoms. The zero-order valence-corrected chi connectivity index (χ0v) is 14.9. The van der Waals surface area contributed by atoms with Crippen LogP contribution in [0.25, 0.3) is 0 Å². The Morgan fingerprint density at radius 1 is 1.00 bits per heavy atom. The van der Waals surface area contributed by atoms with Crippen LogP contribution in [0.1, 0.15) is 41.3 Å². The smallest absolute Gasteiger partial charge is 0.273 e. The van der Waals surface area contributed by atoms with Gasteiger partial charge in [-0.3, -0.25) is 9.59 Å². The van der Waals surface area contributed by atoms with Gasteiger partial charge in [0.25, 0.3) is 11.8 Å². The van der Waals surface area contributed by atoms with E-state index < -0.39 is 0 Å². The maximum absolute atomic E-state index is 12.7.